The average molecular weight is 967 g/mol. The van der Waals surface area contributed by atoms with Gasteiger partial charge in [-0.2, -0.15) is 0 Å². The fourth-order valence-corrected chi connectivity index (χ4v) is 15.2. The zero-order valence-corrected chi connectivity index (χ0v) is 41.2. The third kappa shape index (κ3) is 8.49. The van der Waals surface area contributed by atoms with Crippen molar-refractivity contribution in [1.29, 1.82) is 0 Å². The van der Waals surface area contributed by atoms with Crippen molar-refractivity contribution in [2.45, 2.75) is 213 Å². The second kappa shape index (κ2) is 18.6. The SMILES string of the molecule is CC(=O)O[C@@H]1[C@@H](O)[C@H](O[C@@H]2[C@@H](O)[C@H](C)O[C@@H](O[C@H]3[C@H](O[C@H]4CC[C@@]5(C)[C@@H](CC[C@]6(C)[C@@H]5CC=C5[C@@H]7CC(C)(C)CC[C@]7(C(=O)O)CC[C@]56C)[C@]4(C)CO)OC[C@H](O)[C@@H]3O)[C@@H]2O)OC[C@@H]1OC(C)=O. The van der Waals surface area contributed by atoms with Gasteiger partial charge in [-0.1, -0.05) is 53.2 Å². The highest BCUT2D eigenvalue weighted by Crippen LogP contribution is 2.76. The number of carboxylic acid groups (broad SMARTS) is 1. The van der Waals surface area contributed by atoms with Crippen molar-refractivity contribution in [3.8, 4) is 0 Å². The number of carbonyl (C=O) groups excluding carboxylic acids is 2. The molecule has 18 heteroatoms. The lowest BCUT2D eigenvalue weighted by Crippen LogP contribution is -2.67. The second-order valence-corrected chi connectivity index (χ2v) is 23.6. The Morgan fingerprint density at radius 1 is 0.706 bits per heavy atom. The van der Waals surface area contributed by atoms with Crippen LogP contribution < -0.4 is 0 Å². The molecule has 7 N–H and O–H groups in total. The number of carboxylic acids is 1. The van der Waals surface area contributed by atoms with Gasteiger partial charge in [0, 0.05) is 19.3 Å². The summed E-state index contributed by atoms with van der Waals surface area (Å²) in [5, 5.41) is 78.7. The Balaban J connectivity index is 1.00. The number of hydrogen-bond donors (Lipinski definition) is 7. The van der Waals surface area contributed by atoms with Crippen molar-refractivity contribution in [2.24, 2.45) is 50.2 Å². The first-order chi connectivity index (χ1) is 31.8. The molecule has 8 aliphatic rings. The van der Waals surface area contributed by atoms with Gasteiger partial charge in [0.25, 0.3) is 0 Å². The number of esters is 2. The molecule has 0 unspecified atom stereocenters. The molecule has 7 fully saturated rings. The summed E-state index contributed by atoms with van der Waals surface area (Å²) in [6.07, 6.45) is -9.52. The Morgan fingerprint density at radius 2 is 1.35 bits per heavy atom. The molecule has 4 saturated carbocycles. The average Bonchev–Trinajstić information content (AvgIpc) is 3.26. The van der Waals surface area contributed by atoms with Crippen LogP contribution in [0, 0.1) is 50.2 Å². The Hall–Kier alpha value is -2.33. The first-order valence-electron chi connectivity index (χ1n) is 24.9. The molecule has 68 heavy (non-hydrogen) atoms. The first-order valence-corrected chi connectivity index (χ1v) is 24.9. The standard InChI is InChI=1S/C50H78O18/c1-24-34(55)39(67-41-36(57)38(65-26(3)53)30(22-62-41)64-25(2)52)37(58)42(63-24)68-40-35(56)29(54)21-61-43(40)66-33-13-14-46(6)31(47(33,7)23-51)12-15-49(9)32(46)11-10-27-28-20-45(4,5)16-18-50(28,44(59)60)19-17-48(27,49)8/h10,24,28-43,51,54-58H,11-23H2,1-9H3,(H,59,60)/t24-,28-,29-,30-,31+,32+,33-,34-,35-,36+,37+,38-,39+,40+,41-,42-,43-,46-,47-,48+,49+,50-/m0/s1. The van der Waals surface area contributed by atoms with Gasteiger partial charge in [0.1, 0.15) is 42.7 Å². The van der Waals surface area contributed by atoms with Crippen LogP contribution in [0.25, 0.3) is 0 Å². The number of ether oxygens (including phenoxy) is 8. The summed E-state index contributed by atoms with van der Waals surface area (Å²) in [6.45, 7) is 16.7. The van der Waals surface area contributed by atoms with Crippen LogP contribution in [-0.2, 0) is 52.3 Å². The molecular formula is C50H78O18. The minimum absolute atomic E-state index is 0.00715. The number of fused-ring (bicyclic) bond motifs is 7. The van der Waals surface area contributed by atoms with Crippen LogP contribution in [0.4, 0.5) is 0 Å². The molecule has 0 spiro atoms. The van der Waals surface area contributed by atoms with Gasteiger partial charge in [-0.25, -0.2) is 0 Å². The van der Waals surface area contributed by atoms with Crippen LogP contribution in [0.3, 0.4) is 0 Å². The third-order valence-electron chi connectivity index (χ3n) is 19.3. The van der Waals surface area contributed by atoms with Crippen molar-refractivity contribution in [3.05, 3.63) is 11.6 Å². The van der Waals surface area contributed by atoms with Gasteiger partial charge in [0.15, 0.2) is 31.1 Å². The van der Waals surface area contributed by atoms with E-state index >= 15 is 0 Å². The minimum atomic E-state index is -1.79. The van der Waals surface area contributed by atoms with Crippen LogP contribution in [-0.4, -0.2) is 159 Å². The molecule has 0 radical (unpaired) electrons. The van der Waals surface area contributed by atoms with E-state index < -0.39 is 115 Å². The van der Waals surface area contributed by atoms with Gasteiger partial charge < -0.3 is 73.6 Å². The van der Waals surface area contributed by atoms with Crippen LogP contribution in [0.2, 0.25) is 0 Å². The van der Waals surface area contributed by atoms with E-state index in [0.717, 1.165) is 58.8 Å². The van der Waals surface area contributed by atoms with Gasteiger partial charge in [0.05, 0.1) is 37.4 Å². The van der Waals surface area contributed by atoms with E-state index in [-0.39, 0.29) is 59.2 Å². The summed E-state index contributed by atoms with van der Waals surface area (Å²) in [7, 11) is 0. The lowest BCUT2D eigenvalue weighted by molar-refractivity contribution is -0.379. The largest absolute Gasteiger partial charge is 0.481 e. The predicted octanol–water partition coefficient (Wildman–Crippen LogP) is 3.13. The van der Waals surface area contributed by atoms with E-state index in [9.17, 15) is 50.1 Å². The van der Waals surface area contributed by atoms with Crippen molar-refractivity contribution < 1.29 is 88.0 Å². The third-order valence-corrected chi connectivity index (χ3v) is 19.3. The van der Waals surface area contributed by atoms with Crippen LogP contribution in [0.15, 0.2) is 11.6 Å². The zero-order chi connectivity index (χ0) is 49.7. The molecule has 0 bridgehead atoms. The maximum Gasteiger partial charge on any atom is 0.310 e. The Morgan fingerprint density at radius 3 is 2.01 bits per heavy atom. The molecule has 5 aliphatic carbocycles. The van der Waals surface area contributed by atoms with Gasteiger partial charge in [-0.3, -0.25) is 14.4 Å². The molecule has 3 heterocycles. The topological polar surface area (TPSA) is 267 Å². The fraction of sp³-hybridized carbons (Fsp3) is 0.900. The zero-order valence-electron chi connectivity index (χ0n) is 41.2. The molecule has 3 aliphatic heterocycles. The number of aliphatic hydroxyl groups excluding tert-OH is 6. The van der Waals surface area contributed by atoms with Crippen molar-refractivity contribution >= 4 is 17.9 Å². The molecule has 0 amide bonds. The van der Waals surface area contributed by atoms with Crippen molar-refractivity contribution in [1.82, 2.24) is 0 Å². The van der Waals surface area contributed by atoms with Gasteiger partial charge in [-0.15, -0.1) is 0 Å². The summed E-state index contributed by atoms with van der Waals surface area (Å²) in [6, 6.07) is 0. The number of aliphatic carboxylic acids is 1. The Bertz CT molecular complexity index is 1930. The number of hydrogen-bond acceptors (Lipinski definition) is 17. The number of rotatable bonds is 10. The van der Waals surface area contributed by atoms with E-state index in [4.69, 9.17) is 37.9 Å². The molecule has 18 nitrogen and oxygen atoms in total. The minimum Gasteiger partial charge on any atom is -0.481 e. The highest BCUT2D eigenvalue weighted by atomic mass is 16.8. The molecule has 0 aromatic carbocycles. The van der Waals surface area contributed by atoms with Crippen molar-refractivity contribution in [2.75, 3.05) is 19.8 Å². The normalized spacial score (nSPS) is 51.1. The van der Waals surface area contributed by atoms with Crippen LogP contribution >= 0.6 is 0 Å². The molecule has 22 atom stereocenters. The lowest BCUT2D eigenvalue weighted by Gasteiger charge is -2.71. The number of allylic oxidation sites excluding steroid dienone is 2. The predicted molar refractivity (Wildman–Crippen MR) is 238 cm³/mol. The van der Waals surface area contributed by atoms with Gasteiger partial charge >= 0.3 is 17.9 Å². The quantitative estimate of drug-likeness (QED) is 0.0942. The van der Waals surface area contributed by atoms with E-state index in [1.54, 1.807) is 0 Å². The second-order valence-electron chi connectivity index (χ2n) is 23.6. The van der Waals surface area contributed by atoms with E-state index in [1.807, 2.05) is 6.92 Å². The fourth-order valence-electron chi connectivity index (χ4n) is 15.2. The molecule has 0 aromatic rings. The summed E-state index contributed by atoms with van der Waals surface area (Å²) >= 11 is 0. The van der Waals surface area contributed by atoms with Crippen LogP contribution in [0.1, 0.15) is 127 Å². The van der Waals surface area contributed by atoms with E-state index in [1.165, 1.54) is 12.5 Å². The summed E-state index contributed by atoms with van der Waals surface area (Å²) < 4.78 is 47.1. The smallest absolute Gasteiger partial charge is 0.310 e. The number of aliphatic hydroxyl groups is 6. The highest BCUT2D eigenvalue weighted by Gasteiger charge is 2.70. The molecule has 3 saturated heterocycles. The van der Waals surface area contributed by atoms with Crippen LogP contribution in [0.5, 0.6) is 0 Å². The molecular weight excluding hydrogens is 889 g/mol. The summed E-state index contributed by atoms with van der Waals surface area (Å²) in [5.74, 6) is -1.89. The maximum absolute atomic E-state index is 13.2. The molecule has 0 aromatic heterocycles. The molecule has 8 rings (SSSR count). The van der Waals surface area contributed by atoms with E-state index in [0.29, 0.717) is 19.3 Å². The number of carbonyl (C=O) groups is 3. The van der Waals surface area contributed by atoms with E-state index in [2.05, 4.69) is 40.7 Å². The highest BCUT2D eigenvalue weighted by molar-refractivity contribution is 5.76. The Kier molecular flexibility index (Phi) is 14.2. The summed E-state index contributed by atoms with van der Waals surface area (Å²) in [5.41, 5.74) is -0.641. The van der Waals surface area contributed by atoms with Crippen molar-refractivity contribution in [3.63, 3.8) is 0 Å². The monoisotopic (exact) mass is 967 g/mol. The lowest BCUT2D eigenvalue weighted by atomic mass is 9.33. The first kappa shape index (κ1) is 52.0. The van der Waals surface area contributed by atoms with Gasteiger partial charge in [0.2, 0.25) is 0 Å². The molecule has 386 valence electrons. The Labute approximate surface area is 399 Å². The maximum atomic E-state index is 13.2. The van der Waals surface area contributed by atoms with Gasteiger partial charge in [-0.05, 0) is 111 Å². The summed E-state index contributed by atoms with van der Waals surface area (Å²) in [4.78, 5) is 36.8.